The number of benzene rings is 1. The first-order valence-electron chi connectivity index (χ1n) is 6.36. The molecule has 0 fully saturated rings. The lowest BCUT2D eigenvalue weighted by molar-refractivity contribution is -0.142. The van der Waals surface area contributed by atoms with Crippen molar-refractivity contribution in [2.45, 2.75) is 40.0 Å². The summed E-state index contributed by atoms with van der Waals surface area (Å²) >= 11 is 0. The molecule has 19 heavy (non-hydrogen) atoms. The number of pyridine rings is 1. The highest BCUT2D eigenvalue weighted by Crippen LogP contribution is 2.29. The lowest BCUT2D eigenvalue weighted by Crippen LogP contribution is -2.30. The highest BCUT2D eigenvalue weighted by Gasteiger charge is 2.32. The number of hydrogen-bond acceptors (Lipinski definition) is 2. The molecule has 0 aliphatic carbocycles. The Morgan fingerprint density at radius 3 is 2.32 bits per heavy atom. The molecule has 0 saturated heterocycles. The van der Waals surface area contributed by atoms with Gasteiger partial charge in [-0.25, -0.2) is 0 Å². The normalized spacial score (nSPS) is 11.8. The van der Waals surface area contributed by atoms with Gasteiger partial charge in [0.1, 0.15) is 5.41 Å². The van der Waals surface area contributed by atoms with Crippen molar-refractivity contribution >= 4 is 16.9 Å². The summed E-state index contributed by atoms with van der Waals surface area (Å²) in [5, 5.41) is 10.5. The molecule has 0 saturated carbocycles. The first-order chi connectivity index (χ1) is 8.73. The van der Waals surface area contributed by atoms with Crippen LogP contribution in [0.1, 0.15) is 36.2 Å². The molecule has 1 N–H and O–H groups in total. The van der Waals surface area contributed by atoms with E-state index >= 15 is 0 Å². The Labute approximate surface area is 113 Å². The van der Waals surface area contributed by atoms with Gasteiger partial charge in [0.05, 0.1) is 11.2 Å². The molecule has 0 aliphatic rings. The van der Waals surface area contributed by atoms with E-state index in [1.807, 2.05) is 26.0 Å². The number of fused-ring (bicyclic) bond motifs is 1. The van der Waals surface area contributed by atoms with Crippen molar-refractivity contribution in [2.75, 3.05) is 0 Å². The fourth-order valence-electron chi connectivity index (χ4n) is 2.46. The SMILES string of the molecule is Cc1cc(C)c2cc(C)c(C(C)(C)C(=O)O)nc2c1. The molecule has 2 aromatic rings. The van der Waals surface area contributed by atoms with E-state index in [2.05, 4.69) is 18.0 Å². The summed E-state index contributed by atoms with van der Waals surface area (Å²) < 4.78 is 0. The molecule has 1 heterocycles. The monoisotopic (exact) mass is 257 g/mol. The van der Waals surface area contributed by atoms with Crippen LogP contribution in [0, 0.1) is 20.8 Å². The largest absolute Gasteiger partial charge is 0.481 e. The Hall–Kier alpha value is -1.90. The molecule has 0 amide bonds. The molecule has 2 rings (SSSR count). The van der Waals surface area contributed by atoms with Gasteiger partial charge in [0.2, 0.25) is 0 Å². The highest BCUT2D eigenvalue weighted by molar-refractivity contribution is 5.86. The summed E-state index contributed by atoms with van der Waals surface area (Å²) in [5.41, 5.74) is 3.76. The molecule has 0 bridgehead atoms. The fraction of sp³-hybridized carbons (Fsp3) is 0.375. The van der Waals surface area contributed by atoms with Gasteiger partial charge in [0.15, 0.2) is 0 Å². The number of aliphatic carboxylic acids is 1. The van der Waals surface area contributed by atoms with Crippen LogP contribution in [0.2, 0.25) is 0 Å². The lowest BCUT2D eigenvalue weighted by atomic mass is 9.85. The van der Waals surface area contributed by atoms with E-state index in [1.165, 1.54) is 5.56 Å². The van der Waals surface area contributed by atoms with Crippen molar-refractivity contribution in [3.8, 4) is 0 Å². The molecule has 0 unspecified atom stereocenters. The van der Waals surface area contributed by atoms with E-state index in [4.69, 9.17) is 0 Å². The molecule has 0 radical (unpaired) electrons. The quantitative estimate of drug-likeness (QED) is 0.895. The number of aromatic nitrogens is 1. The Bertz CT molecular complexity index is 672. The number of carboxylic acid groups (broad SMARTS) is 1. The number of hydrogen-bond donors (Lipinski definition) is 1. The standard InChI is InChI=1S/C16H19NO2/c1-9-6-10(2)12-8-11(3)14(17-13(12)7-9)16(4,5)15(18)19/h6-8H,1-5H3,(H,18,19). The minimum atomic E-state index is -0.976. The van der Waals surface area contributed by atoms with Crippen LogP contribution in [0.4, 0.5) is 0 Å². The fourth-order valence-corrected chi connectivity index (χ4v) is 2.46. The maximum atomic E-state index is 11.4. The van der Waals surface area contributed by atoms with E-state index in [1.54, 1.807) is 13.8 Å². The van der Waals surface area contributed by atoms with E-state index in [9.17, 15) is 9.90 Å². The van der Waals surface area contributed by atoms with Gasteiger partial charge in [-0.05, 0) is 63.4 Å². The zero-order valence-corrected chi connectivity index (χ0v) is 12.0. The van der Waals surface area contributed by atoms with Gasteiger partial charge in [0, 0.05) is 5.39 Å². The highest BCUT2D eigenvalue weighted by atomic mass is 16.4. The van der Waals surface area contributed by atoms with Crippen molar-refractivity contribution in [1.29, 1.82) is 0 Å². The molecule has 100 valence electrons. The average molecular weight is 257 g/mol. The predicted molar refractivity (Wildman–Crippen MR) is 76.6 cm³/mol. The van der Waals surface area contributed by atoms with Crippen molar-refractivity contribution < 1.29 is 9.90 Å². The maximum absolute atomic E-state index is 11.4. The third-order valence-corrected chi connectivity index (χ3v) is 3.60. The summed E-state index contributed by atoms with van der Waals surface area (Å²) in [4.78, 5) is 16.0. The second kappa shape index (κ2) is 4.34. The number of rotatable bonds is 2. The predicted octanol–water partition coefficient (Wildman–Crippen LogP) is 3.52. The van der Waals surface area contributed by atoms with E-state index in [0.29, 0.717) is 5.69 Å². The van der Waals surface area contributed by atoms with Crippen molar-refractivity contribution in [3.05, 3.63) is 40.6 Å². The van der Waals surface area contributed by atoms with Crippen molar-refractivity contribution in [3.63, 3.8) is 0 Å². The zero-order chi connectivity index (χ0) is 14.4. The number of carbonyl (C=O) groups is 1. The van der Waals surface area contributed by atoms with Gasteiger partial charge >= 0.3 is 5.97 Å². The van der Waals surface area contributed by atoms with E-state index in [-0.39, 0.29) is 0 Å². The van der Waals surface area contributed by atoms with Crippen molar-refractivity contribution in [2.24, 2.45) is 0 Å². The summed E-state index contributed by atoms with van der Waals surface area (Å²) in [5.74, 6) is -0.855. The Balaban J connectivity index is 2.79. The van der Waals surface area contributed by atoms with Gasteiger partial charge in [-0.15, -0.1) is 0 Å². The first-order valence-corrected chi connectivity index (χ1v) is 6.36. The number of aryl methyl sites for hydroxylation is 3. The Morgan fingerprint density at radius 2 is 1.74 bits per heavy atom. The second-order valence-electron chi connectivity index (χ2n) is 5.73. The zero-order valence-electron chi connectivity index (χ0n) is 12.0. The van der Waals surface area contributed by atoms with Crippen molar-refractivity contribution in [1.82, 2.24) is 4.98 Å². The molecular weight excluding hydrogens is 238 g/mol. The molecule has 0 atom stereocenters. The van der Waals surface area contributed by atoms with Gasteiger partial charge in [0.25, 0.3) is 0 Å². The molecular formula is C16H19NO2. The third-order valence-electron chi connectivity index (χ3n) is 3.60. The molecule has 1 aromatic heterocycles. The average Bonchev–Trinajstić information content (AvgIpc) is 2.29. The third kappa shape index (κ3) is 2.21. The molecule has 0 spiro atoms. The summed E-state index contributed by atoms with van der Waals surface area (Å²) in [6.07, 6.45) is 0. The smallest absolute Gasteiger partial charge is 0.315 e. The van der Waals surface area contributed by atoms with E-state index in [0.717, 1.165) is 22.0 Å². The van der Waals surface area contributed by atoms with Crippen LogP contribution in [-0.4, -0.2) is 16.1 Å². The van der Waals surface area contributed by atoms with Crippen LogP contribution >= 0.6 is 0 Å². The van der Waals surface area contributed by atoms with Crippen LogP contribution in [0.3, 0.4) is 0 Å². The maximum Gasteiger partial charge on any atom is 0.315 e. The summed E-state index contributed by atoms with van der Waals surface area (Å²) in [7, 11) is 0. The van der Waals surface area contributed by atoms with Gasteiger partial charge in [-0.2, -0.15) is 0 Å². The van der Waals surface area contributed by atoms with Crippen LogP contribution in [0.5, 0.6) is 0 Å². The van der Waals surface area contributed by atoms with Crippen LogP contribution in [0.25, 0.3) is 10.9 Å². The van der Waals surface area contributed by atoms with Crippen LogP contribution in [-0.2, 0) is 10.2 Å². The summed E-state index contributed by atoms with van der Waals surface area (Å²) in [6, 6.07) is 6.16. The van der Waals surface area contributed by atoms with E-state index < -0.39 is 11.4 Å². The minimum Gasteiger partial charge on any atom is -0.481 e. The van der Waals surface area contributed by atoms with Gasteiger partial charge in [-0.1, -0.05) is 6.07 Å². The lowest BCUT2D eigenvalue weighted by Gasteiger charge is -2.21. The first kappa shape index (κ1) is 13.5. The Kier molecular flexibility index (Phi) is 3.09. The number of nitrogens with zero attached hydrogens (tertiary/aromatic N) is 1. The minimum absolute atomic E-state index is 0.637. The Morgan fingerprint density at radius 1 is 1.11 bits per heavy atom. The molecule has 0 aliphatic heterocycles. The summed E-state index contributed by atoms with van der Waals surface area (Å²) in [6.45, 7) is 9.39. The number of carboxylic acids is 1. The van der Waals surface area contributed by atoms with Crippen LogP contribution in [0.15, 0.2) is 18.2 Å². The topological polar surface area (TPSA) is 50.2 Å². The molecule has 3 nitrogen and oxygen atoms in total. The molecule has 3 heteroatoms. The van der Waals surface area contributed by atoms with Crippen LogP contribution < -0.4 is 0 Å². The van der Waals surface area contributed by atoms with Gasteiger partial charge in [-0.3, -0.25) is 9.78 Å². The molecule has 1 aromatic carbocycles. The van der Waals surface area contributed by atoms with Gasteiger partial charge < -0.3 is 5.11 Å². The second-order valence-corrected chi connectivity index (χ2v) is 5.73.